The van der Waals surface area contributed by atoms with E-state index in [-0.39, 0.29) is 0 Å². The molecule has 1 rings (SSSR count). The van der Waals surface area contributed by atoms with E-state index in [9.17, 15) is 0 Å². The van der Waals surface area contributed by atoms with Gasteiger partial charge in [-0.25, -0.2) is 0 Å². The van der Waals surface area contributed by atoms with Crippen molar-refractivity contribution in [2.45, 2.75) is 33.6 Å². The van der Waals surface area contributed by atoms with Crippen LogP contribution in [0.2, 0.25) is 0 Å². The van der Waals surface area contributed by atoms with Gasteiger partial charge in [-0.1, -0.05) is 20.8 Å². The third kappa shape index (κ3) is 7.02. The van der Waals surface area contributed by atoms with Gasteiger partial charge < -0.3 is 10.2 Å². The monoisotopic (exact) mass is 241 g/mol. The van der Waals surface area contributed by atoms with Crippen molar-refractivity contribution in [3.8, 4) is 0 Å². The quantitative estimate of drug-likeness (QED) is 0.652. The van der Waals surface area contributed by atoms with Crippen LogP contribution in [0.4, 0.5) is 0 Å². The average Bonchev–Trinajstić information content (AvgIpc) is 2.34. The van der Waals surface area contributed by atoms with Gasteiger partial charge >= 0.3 is 0 Å². The van der Waals surface area contributed by atoms with E-state index in [0.717, 1.165) is 12.5 Å². The smallest absolute Gasteiger partial charge is 0.0110 e. The summed E-state index contributed by atoms with van der Waals surface area (Å²) in [6.45, 7) is 16.6. The molecule has 0 aromatic heterocycles. The second kappa shape index (κ2) is 8.90. The van der Waals surface area contributed by atoms with Crippen LogP contribution >= 0.6 is 0 Å². The summed E-state index contributed by atoms with van der Waals surface area (Å²) < 4.78 is 0. The molecule has 1 aliphatic heterocycles. The van der Waals surface area contributed by atoms with Crippen molar-refractivity contribution in [3.05, 3.63) is 0 Å². The van der Waals surface area contributed by atoms with Gasteiger partial charge in [-0.15, -0.1) is 0 Å². The van der Waals surface area contributed by atoms with Crippen molar-refractivity contribution in [2.75, 3.05) is 52.4 Å². The topological polar surface area (TPSA) is 18.5 Å². The highest BCUT2D eigenvalue weighted by atomic mass is 15.3. The summed E-state index contributed by atoms with van der Waals surface area (Å²) in [5, 5.41) is 3.56. The van der Waals surface area contributed by atoms with Crippen molar-refractivity contribution in [2.24, 2.45) is 5.92 Å². The highest BCUT2D eigenvalue weighted by molar-refractivity contribution is 4.71. The lowest BCUT2D eigenvalue weighted by Crippen LogP contribution is -2.47. The Morgan fingerprint density at radius 3 is 2.24 bits per heavy atom. The number of nitrogens with one attached hydrogen (secondary N) is 1. The van der Waals surface area contributed by atoms with Crippen LogP contribution in [0.15, 0.2) is 0 Å². The fraction of sp³-hybridized carbons (Fsp3) is 1.00. The van der Waals surface area contributed by atoms with Crippen LogP contribution in [0.5, 0.6) is 0 Å². The fourth-order valence-electron chi connectivity index (χ4n) is 2.33. The van der Waals surface area contributed by atoms with Crippen LogP contribution in [-0.4, -0.2) is 62.2 Å². The molecule has 0 unspecified atom stereocenters. The molecule has 0 aromatic carbocycles. The number of nitrogens with zero attached hydrogens (tertiary/aromatic N) is 2. The second-order valence-corrected chi connectivity index (χ2v) is 5.56. The third-order valence-electron chi connectivity index (χ3n) is 3.65. The maximum atomic E-state index is 3.56. The van der Waals surface area contributed by atoms with Gasteiger partial charge in [0, 0.05) is 39.3 Å². The Morgan fingerprint density at radius 2 is 1.65 bits per heavy atom. The summed E-state index contributed by atoms with van der Waals surface area (Å²) in [6, 6.07) is 0. The molecule has 0 radical (unpaired) electrons. The van der Waals surface area contributed by atoms with Gasteiger partial charge in [0.1, 0.15) is 0 Å². The Morgan fingerprint density at radius 1 is 1.00 bits per heavy atom. The minimum Gasteiger partial charge on any atom is -0.315 e. The molecule has 102 valence electrons. The number of rotatable bonds is 8. The number of hydrogen-bond donors (Lipinski definition) is 1. The molecule has 3 nitrogen and oxygen atoms in total. The van der Waals surface area contributed by atoms with Crippen LogP contribution in [0.3, 0.4) is 0 Å². The maximum Gasteiger partial charge on any atom is 0.0110 e. The van der Waals surface area contributed by atoms with Crippen LogP contribution < -0.4 is 5.32 Å². The van der Waals surface area contributed by atoms with Gasteiger partial charge in [-0.05, 0) is 31.8 Å². The first-order valence-corrected chi connectivity index (χ1v) is 7.37. The van der Waals surface area contributed by atoms with Crippen LogP contribution in [0.25, 0.3) is 0 Å². The molecule has 0 spiro atoms. The van der Waals surface area contributed by atoms with E-state index >= 15 is 0 Å². The molecular weight excluding hydrogens is 210 g/mol. The van der Waals surface area contributed by atoms with Crippen molar-refractivity contribution in [1.29, 1.82) is 0 Å². The summed E-state index contributed by atoms with van der Waals surface area (Å²) in [4.78, 5) is 5.12. The first kappa shape index (κ1) is 14.9. The van der Waals surface area contributed by atoms with Crippen LogP contribution in [0, 0.1) is 5.92 Å². The Kier molecular flexibility index (Phi) is 7.82. The van der Waals surface area contributed by atoms with E-state index in [1.165, 1.54) is 58.7 Å². The van der Waals surface area contributed by atoms with E-state index < -0.39 is 0 Å². The van der Waals surface area contributed by atoms with Gasteiger partial charge in [0.05, 0.1) is 0 Å². The summed E-state index contributed by atoms with van der Waals surface area (Å²) in [5.41, 5.74) is 0. The predicted octanol–water partition coefficient (Wildman–Crippen LogP) is 1.65. The molecule has 17 heavy (non-hydrogen) atoms. The molecule has 0 amide bonds. The van der Waals surface area contributed by atoms with Crippen molar-refractivity contribution in [3.63, 3.8) is 0 Å². The minimum absolute atomic E-state index is 0.846. The molecule has 0 aromatic rings. The molecule has 1 N–H and O–H groups in total. The van der Waals surface area contributed by atoms with E-state index in [2.05, 4.69) is 35.9 Å². The van der Waals surface area contributed by atoms with Gasteiger partial charge in [-0.3, -0.25) is 4.90 Å². The Hall–Kier alpha value is -0.120. The zero-order chi connectivity index (χ0) is 12.5. The molecule has 1 aliphatic rings. The second-order valence-electron chi connectivity index (χ2n) is 5.56. The first-order chi connectivity index (χ1) is 8.22. The van der Waals surface area contributed by atoms with E-state index in [1.54, 1.807) is 0 Å². The van der Waals surface area contributed by atoms with Crippen molar-refractivity contribution < 1.29 is 0 Å². The van der Waals surface area contributed by atoms with E-state index in [4.69, 9.17) is 0 Å². The zero-order valence-corrected chi connectivity index (χ0v) is 12.0. The third-order valence-corrected chi connectivity index (χ3v) is 3.65. The fourth-order valence-corrected chi connectivity index (χ4v) is 2.33. The van der Waals surface area contributed by atoms with E-state index in [1.807, 2.05) is 0 Å². The molecule has 0 bridgehead atoms. The average molecular weight is 241 g/mol. The number of likely N-dealkylation sites (N-methyl/N-ethyl adjacent to an activating group) is 1. The normalized spacial score (nSPS) is 19.1. The number of hydrogen-bond acceptors (Lipinski definition) is 3. The molecule has 1 heterocycles. The number of piperazine rings is 1. The van der Waals surface area contributed by atoms with Crippen molar-refractivity contribution in [1.82, 2.24) is 15.1 Å². The lowest BCUT2D eigenvalue weighted by Gasteiger charge is -2.34. The maximum absolute atomic E-state index is 3.56. The Labute approximate surface area is 108 Å². The van der Waals surface area contributed by atoms with Gasteiger partial charge in [0.25, 0.3) is 0 Å². The predicted molar refractivity (Wildman–Crippen MR) is 75.5 cm³/mol. The Balaban J connectivity index is 1.90. The SMILES string of the molecule is CCN1CCN(CCNCCCC(C)C)CC1. The molecule has 0 atom stereocenters. The van der Waals surface area contributed by atoms with Crippen LogP contribution in [0.1, 0.15) is 33.6 Å². The standard InChI is InChI=1S/C14H31N3/c1-4-16-10-12-17(13-11-16)9-8-15-7-5-6-14(2)3/h14-15H,4-13H2,1-3H3. The van der Waals surface area contributed by atoms with Gasteiger partial charge in [0.15, 0.2) is 0 Å². The molecule has 0 saturated carbocycles. The largest absolute Gasteiger partial charge is 0.315 e. The summed E-state index contributed by atoms with van der Waals surface area (Å²) in [7, 11) is 0. The molecular formula is C14H31N3. The zero-order valence-electron chi connectivity index (χ0n) is 12.0. The Bertz CT molecular complexity index is 174. The molecule has 1 fully saturated rings. The van der Waals surface area contributed by atoms with Crippen molar-refractivity contribution >= 4 is 0 Å². The molecule has 3 heteroatoms. The highest BCUT2D eigenvalue weighted by Crippen LogP contribution is 2.02. The van der Waals surface area contributed by atoms with E-state index in [0.29, 0.717) is 0 Å². The lowest BCUT2D eigenvalue weighted by molar-refractivity contribution is 0.138. The summed E-state index contributed by atoms with van der Waals surface area (Å²) in [5.74, 6) is 0.846. The summed E-state index contributed by atoms with van der Waals surface area (Å²) in [6.07, 6.45) is 2.67. The molecule has 1 saturated heterocycles. The minimum atomic E-state index is 0.846. The molecule has 0 aliphatic carbocycles. The van der Waals surface area contributed by atoms with Gasteiger partial charge in [0.2, 0.25) is 0 Å². The highest BCUT2D eigenvalue weighted by Gasteiger charge is 2.14. The summed E-state index contributed by atoms with van der Waals surface area (Å²) >= 11 is 0. The van der Waals surface area contributed by atoms with Crippen LogP contribution in [-0.2, 0) is 0 Å². The van der Waals surface area contributed by atoms with Gasteiger partial charge in [-0.2, -0.15) is 0 Å². The lowest BCUT2D eigenvalue weighted by atomic mass is 10.1. The first-order valence-electron chi connectivity index (χ1n) is 7.37.